The number of thiophene rings is 1. The maximum absolute atomic E-state index is 13.1. The number of rotatable bonds is 5. The molecule has 1 aliphatic carbocycles. The second kappa shape index (κ2) is 10.0. The third kappa shape index (κ3) is 4.81. The zero-order valence-electron chi connectivity index (χ0n) is 19.1. The Balaban J connectivity index is 0.000000821. The van der Waals surface area contributed by atoms with Gasteiger partial charge in [0.05, 0.1) is 0 Å². The van der Waals surface area contributed by atoms with E-state index in [0.717, 1.165) is 42.0 Å². The molecule has 1 amide bonds. The van der Waals surface area contributed by atoms with Crippen molar-refractivity contribution in [1.82, 2.24) is 24.4 Å². The molecule has 1 saturated heterocycles. The molecule has 1 saturated carbocycles. The molecule has 178 valence electrons. The summed E-state index contributed by atoms with van der Waals surface area (Å²) < 4.78 is 3.30. The van der Waals surface area contributed by atoms with Gasteiger partial charge < -0.3 is 10.4 Å². The minimum atomic E-state index is -0.250. The number of amides is 1. The van der Waals surface area contributed by atoms with Crippen LogP contribution in [0.25, 0.3) is 15.7 Å². The first-order valence-corrected chi connectivity index (χ1v) is 12.4. The second-order valence-electron chi connectivity index (χ2n) is 9.11. The van der Waals surface area contributed by atoms with Gasteiger partial charge in [0.25, 0.3) is 12.0 Å². The third-order valence-electron chi connectivity index (χ3n) is 6.54. The summed E-state index contributed by atoms with van der Waals surface area (Å²) in [7, 11) is 0. The number of fused-ring (bicyclic) bond motifs is 3. The number of piperidine rings is 1. The Morgan fingerprint density at radius 3 is 2.76 bits per heavy atom. The van der Waals surface area contributed by atoms with Crippen molar-refractivity contribution >= 4 is 39.4 Å². The number of carboxylic acid groups (broad SMARTS) is 1. The van der Waals surface area contributed by atoms with Gasteiger partial charge in [0.15, 0.2) is 0 Å². The van der Waals surface area contributed by atoms with Gasteiger partial charge in [-0.25, -0.2) is 4.68 Å². The van der Waals surface area contributed by atoms with Crippen LogP contribution < -0.4 is 10.9 Å². The van der Waals surface area contributed by atoms with E-state index in [2.05, 4.69) is 29.2 Å². The molecule has 2 aliphatic rings. The van der Waals surface area contributed by atoms with Crippen molar-refractivity contribution in [2.24, 2.45) is 0 Å². The molecule has 9 nitrogen and oxygen atoms in total. The van der Waals surface area contributed by atoms with Crippen molar-refractivity contribution in [3.8, 4) is 0 Å². The average Bonchev–Trinajstić information content (AvgIpc) is 3.31. The minimum Gasteiger partial charge on any atom is -0.483 e. The van der Waals surface area contributed by atoms with Crippen molar-refractivity contribution in [1.29, 1.82) is 0 Å². The SMILES string of the molecule is CC(C)c1nn(CC(=O)N[C@@H]2CCCN(C3CCC3)C2)c(=O)c2cc3ccsc3n12.O=CO. The lowest BCUT2D eigenvalue weighted by molar-refractivity contribution is -0.123. The third-order valence-corrected chi connectivity index (χ3v) is 7.45. The molecule has 2 N–H and O–H groups in total. The maximum atomic E-state index is 13.1. The van der Waals surface area contributed by atoms with Gasteiger partial charge in [0.1, 0.15) is 22.7 Å². The highest BCUT2D eigenvalue weighted by atomic mass is 32.1. The molecule has 0 aromatic carbocycles. The van der Waals surface area contributed by atoms with Crippen LogP contribution in [-0.2, 0) is 16.1 Å². The Morgan fingerprint density at radius 1 is 1.33 bits per heavy atom. The zero-order valence-corrected chi connectivity index (χ0v) is 19.9. The van der Waals surface area contributed by atoms with Crippen molar-refractivity contribution < 1.29 is 14.7 Å². The molecule has 0 spiro atoms. The quantitative estimate of drug-likeness (QED) is 0.552. The fourth-order valence-corrected chi connectivity index (χ4v) is 5.66. The Bertz CT molecular complexity index is 1190. The number of nitrogens with one attached hydrogen (secondary N) is 1. The molecular formula is C23H31N5O4S. The number of hydrogen-bond acceptors (Lipinski definition) is 6. The van der Waals surface area contributed by atoms with E-state index in [1.807, 2.05) is 21.9 Å². The summed E-state index contributed by atoms with van der Waals surface area (Å²) in [6.45, 7) is 5.90. The van der Waals surface area contributed by atoms with Crippen LogP contribution in [0.2, 0.25) is 0 Å². The number of carbonyl (C=O) groups excluding carboxylic acids is 1. The lowest BCUT2D eigenvalue weighted by atomic mass is 9.89. The first-order chi connectivity index (χ1) is 15.9. The Hall–Kier alpha value is -2.72. The van der Waals surface area contributed by atoms with Crippen LogP contribution in [0.4, 0.5) is 0 Å². The lowest BCUT2D eigenvalue weighted by Gasteiger charge is -2.42. The van der Waals surface area contributed by atoms with Crippen LogP contribution in [0.15, 0.2) is 22.3 Å². The first-order valence-electron chi connectivity index (χ1n) is 11.5. The fourth-order valence-electron chi connectivity index (χ4n) is 4.75. The fraction of sp³-hybridized carbons (Fsp3) is 0.565. The molecule has 4 heterocycles. The van der Waals surface area contributed by atoms with Crippen molar-refractivity contribution in [3.63, 3.8) is 0 Å². The van der Waals surface area contributed by atoms with E-state index in [4.69, 9.17) is 9.90 Å². The molecule has 3 aromatic rings. The summed E-state index contributed by atoms with van der Waals surface area (Å²) in [5.41, 5.74) is 0.384. The largest absolute Gasteiger partial charge is 0.483 e. The van der Waals surface area contributed by atoms with Crippen LogP contribution in [0.3, 0.4) is 0 Å². The van der Waals surface area contributed by atoms with Gasteiger partial charge in [-0.15, -0.1) is 11.3 Å². The lowest BCUT2D eigenvalue weighted by Crippen LogP contribution is -2.53. The van der Waals surface area contributed by atoms with Crippen LogP contribution in [0.5, 0.6) is 0 Å². The molecule has 1 atom stereocenters. The smallest absolute Gasteiger partial charge is 0.291 e. The van der Waals surface area contributed by atoms with E-state index in [1.54, 1.807) is 11.3 Å². The number of hydrogen-bond donors (Lipinski definition) is 2. The van der Waals surface area contributed by atoms with Crippen molar-refractivity contribution in [2.45, 2.75) is 70.5 Å². The summed E-state index contributed by atoms with van der Waals surface area (Å²) >= 11 is 1.61. The van der Waals surface area contributed by atoms with Crippen molar-refractivity contribution in [3.05, 3.63) is 33.7 Å². The average molecular weight is 474 g/mol. The van der Waals surface area contributed by atoms with Crippen LogP contribution >= 0.6 is 11.3 Å². The second-order valence-corrected chi connectivity index (χ2v) is 10.0. The first kappa shape index (κ1) is 23.4. The molecule has 0 unspecified atom stereocenters. The van der Waals surface area contributed by atoms with E-state index >= 15 is 0 Å². The highest BCUT2D eigenvalue weighted by Gasteiger charge is 2.30. The monoisotopic (exact) mass is 473 g/mol. The summed E-state index contributed by atoms with van der Waals surface area (Å²) in [4.78, 5) is 37.8. The van der Waals surface area contributed by atoms with E-state index in [9.17, 15) is 9.59 Å². The van der Waals surface area contributed by atoms with Gasteiger partial charge >= 0.3 is 0 Å². The summed E-state index contributed by atoms with van der Waals surface area (Å²) in [5.74, 6) is 0.815. The molecule has 0 radical (unpaired) electrons. The van der Waals surface area contributed by atoms with Gasteiger partial charge in [0, 0.05) is 29.9 Å². The predicted molar refractivity (Wildman–Crippen MR) is 128 cm³/mol. The number of nitrogens with zero attached hydrogens (tertiary/aromatic N) is 4. The number of carbonyl (C=O) groups is 2. The topological polar surface area (TPSA) is 109 Å². The number of aromatic nitrogens is 3. The Kier molecular flexibility index (Phi) is 7.14. The van der Waals surface area contributed by atoms with Gasteiger partial charge in [-0.2, -0.15) is 5.10 Å². The number of likely N-dealkylation sites (tertiary alicyclic amines) is 1. The summed E-state index contributed by atoms with van der Waals surface area (Å²) in [6, 6.07) is 4.79. The summed E-state index contributed by atoms with van der Waals surface area (Å²) in [6.07, 6.45) is 6.01. The molecule has 2 fully saturated rings. The highest BCUT2D eigenvalue weighted by molar-refractivity contribution is 7.16. The van der Waals surface area contributed by atoms with Crippen LogP contribution in [0.1, 0.15) is 57.7 Å². The molecular weight excluding hydrogens is 442 g/mol. The standard InChI is InChI=1S/C22H29N5O2S.CH2O2/c1-14(2)20-24-26(21(29)18-11-15-8-10-30-22(15)27(18)20)13-19(28)23-16-5-4-9-25(12-16)17-6-3-7-17;2-1-3/h8,10-11,14,16-17H,3-7,9,12-13H2,1-2H3,(H,23,28);1H,(H,2,3)/t16-;/m1./s1. The van der Waals surface area contributed by atoms with Gasteiger partial charge in [-0.3, -0.25) is 23.7 Å². The van der Waals surface area contributed by atoms with E-state index in [0.29, 0.717) is 11.6 Å². The molecule has 1 aliphatic heterocycles. The normalized spacial score (nSPS) is 19.3. The van der Waals surface area contributed by atoms with Gasteiger partial charge in [-0.1, -0.05) is 20.3 Å². The van der Waals surface area contributed by atoms with Crippen LogP contribution in [-0.4, -0.2) is 61.7 Å². The van der Waals surface area contributed by atoms with E-state index < -0.39 is 0 Å². The summed E-state index contributed by atoms with van der Waals surface area (Å²) in [5, 5.41) is 17.7. The van der Waals surface area contributed by atoms with Crippen LogP contribution in [0, 0.1) is 0 Å². The highest BCUT2D eigenvalue weighted by Crippen LogP contribution is 2.28. The Morgan fingerprint density at radius 2 is 2.09 bits per heavy atom. The van der Waals surface area contributed by atoms with Gasteiger partial charge in [-0.05, 0) is 49.7 Å². The van der Waals surface area contributed by atoms with Crippen molar-refractivity contribution in [2.75, 3.05) is 13.1 Å². The Labute approximate surface area is 196 Å². The van der Waals surface area contributed by atoms with Gasteiger partial charge in [0.2, 0.25) is 5.91 Å². The molecule has 33 heavy (non-hydrogen) atoms. The molecule has 3 aromatic heterocycles. The van der Waals surface area contributed by atoms with E-state index in [-0.39, 0.29) is 36.4 Å². The predicted octanol–water partition coefficient (Wildman–Crippen LogP) is 2.67. The molecule has 10 heteroatoms. The minimum absolute atomic E-state index is 0.0339. The molecule has 0 bridgehead atoms. The maximum Gasteiger partial charge on any atom is 0.291 e. The van der Waals surface area contributed by atoms with E-state index in [1.165, 1.54) is 23.9 Å². The zero-order chi connectivity index (χ0) is 23.5. The molecule has 5 rings (SSSR count).